The molecule has 122 valence electrons. The summed E-state index contributed by atoms with van der Waals surface area (Å²) in [7, 11) is 6.12. The lowest BCUT2D eigenvalue weighted by molar-refractivity contribution is -0.133. The summed E-state index contributed by atoms with van der Waals surface area (Å²) in [6, 6.07) is 6.12. The Bertz CT molecular complexity index is 533. The molecule has 2 rings (SSSR count). The molecule has 0 saturated heterocycles. The Morgan fingerprint density at radius 3 is 2.32 bits per heavy atom. The highest BCUT2D eigenvalue weighted by atomic mass is 35.5. The number of amides is 1. The molecule has 2 atom stereocenters. The maximum atomic E-state index is 12.6. The molecule has 3 nitrogen and oxygen atoms in total. The van der Waals surface area contributed by atoms with Crippen molar-refractivity contribution in [3.8, 4) is 0 Å². The van der Waals surface area contributed by atoms with Crippen LogP contribution in [0.1, 0.15) is 31.2 Å². The average molecular weight is 343 g/mol. The van der Waals surface area contributed by atoms with Crippen molar-refractivity contribution in [1.29, 1.82) is 0 Å². The van der Waals surface area contributed by atoms with E-state index in [1.165, 1.54) is 12.8 Å². The van der Waals surface area contributed by atoms with Gasteiger partial charge in [0, 0.05) is 19.1 Å². The van der Waals surface area contributed by atoms with E-state index >= 15 is 0 Å². The predicted octanol–water partition coefficient (Wildman–Crippen LogP) is 3.87. The summed E-state index contributed by atoms with van der Waals surface area (Å²) in [4.78, 5) is 16.8. The highest BCUT2D eigenvalue weighted by Gasteiger charge is 2.31. The Hall–Kier alpha value is -0.770. The third kappa shape index (κ3) is 4.15. The van der Waals surface area contributed by atoms with Crippen LogP contribution in [0.15, 0.2) is 18.2 Å². The number of likely N-dealkylation sites (N-methyl/N-ethyl adjacent to an activating group) is 2. The molecule has 1 aromatic rings. The summed E-state index contributed by atoms with van der Waals surface area (Å²) in [5.41, 5.74) is 0.906. The number of rotatable bonds is 4. The van der Waals surface area contributed by atoms with Crippen LogP contribution >= 0.6 is 23.2 Å². The number of carbonyl (C=O) groups excluding carboxylic acids is 1. The molecule has 1 saturated carbocycles. The first-order valence-corrected chi connectivity index (χ1v) is 8.51. The second kappa shape index (κ2) is 7.67. The van der Waals surface area contributed by atoms with Crippen molar-refractivity contribution in [1.82, 2.24) is 9.80 Å². The zero-order valence-corrected chi connectivity index (χ0v) is 15.0. The lowest BCUT2D eigenvalue weighted by Gasteiger charge is -2.41. The van der Waals surface area contributed by atoms with Crippen LogP contribution in [-0.2, 0) is 11.2 Å². The highest BCUT2D eigenvalue weighted by molar-refractivity contribution is 6.42. The van der Waals surface area contributed by atoms with Gasteiger partial charge in [0.15, 0.2) is 0 Å². The number of carbonyl (C=O) groups is 1. The smallest absolute Gasteiger partial charge is 0.227 e. The molecule has 0 radical (unpaired) electrons. The standard InChI is InChI=1S/C17H24Cl2N2O/c1-20(2)15-6-4-5-7-16(15)21(3)17(22)11-12-8-9-13(18)14(19)10-12/h8-10,15-16H,4-7,11H2,1-3H3/t15-,16-/m1/s1. The topological polar surface area (TPSA) is 23.6 Å². The van der Waals surface area contributed by atoms with Crippen molar-refractivity contribution in [2.24, 2.45) is 0 Å². The molecular weight excluding hydrogens is 319 g/mol. The summed E-state index contributed by atoms with van der Waals surface area (Å²) in [5, 5.41) is 1.02. The molecule has 5 heteroatoms. The van der Waals surface area contributed by atoms with Crippen molar-refractivity contribution >= 4 is 29.1 Å². The third-order valence-corrected chi connectivity index (χ3v) is 5.33. The van der Waals surface area contributed by atoms with Gasteiger partial charge in [0.05, 0.1) is 16.5 Å². The number of benzene rings is 1. The monoisotopic (exact) mass is 342 g/mol. The molecule has 0 aliphatic heterocycles. The zero-order valence-electron chi connectivity index (χ0n) is 13.5. The van der Waals surface area contributed by atoms with Crippen molar-refractivity contribution in [2.75, 3.05) is 21.1 Å². The van der Waals surface area contributed by atoms with Gasteiger partial charge in [0.1, 0.15) is 0 Å². The number of hydrogen-bond donors (Lipinski definition) is 0. The molecule has 0 heterocycles. The van der Waals surface area contributed by atoms with Gasteiger partial charge in [-0.15, -0.1) is 0 Å². The van der Waals surface area contributed by atoms with E-state index in [1.54, 1.807) is 12.1 Å². The first kappa shape index (κ1) is 17.6. The van der Waals surface area contributed by atoms with Crippen LogP contribution in [0.3, 0.4) is 0 Å². The van der Waals surface area contributed by atoms with Gasteiger partial charge in [-0.3, -0.25) is 4.79 Å². The molecule has 1 aliphatic carbocycles. The highest BCUT2D eigenvalue weighted by Crippen LogP contribution is 2.27. The van der Waals surface area contributed by atoms with Gasteiger partial charge in [-0.1, -0.05) is 42.1 Å². The molecule has 1 aromatic carbocycles. The second-order valence-electron chi connectivity index (χ2n) is 6.31. The maximum Gasteiger partial charge on any atom is 0.227 e. The summed E-state index contributed by atoms with van der Waals surface area (Å²) in [6.45, 7) is 0. The van der Waals surface area contributed by atoms with E-state index in [0.717, 1.165) is 18.4 Å². The Labute approximate surface area is 143 Å². The minimum absolute atomic E-state index is 0.136. The second-order valence-corrected chi connectivity index (χ2v) is 7.13. The molecular formula is C17H24Cl2N2O. The summed E-state index contributed by atoms with van der Waals surface area (Å²) in [6.07, 6.45) is 5.03. The van der Waals surface area contributed by atoms with Gasteiger partial charge < -0.3 is 9.80 Å². The number of nitrogens with zero attached hydrogens (tertiary/aromatic N) is 2. The molecule has 22 heavy (non-hydrogen) atoms. The van der Waals surface area contributed by atoms with Gasteiger partial charge in [-0.25, -0.2) is 0 Å². The first-order chi connectivity index (χ1) is 10.4. The van der Waals surface area contributed by atoms with E-state index in [2.05, 4.69) is 19.0 Å². The summed E-state index contributed by atoms with van der Waals surface area (Å²) >= 11 is 11.9. The molecule has 0 N–H and O–H groups in total. The van der Waals surface area contributed by atoms with E-state index in [-0.39, 0.29) is 5.91 Å². The molecule has 1 amide bonds. The minimum Gasteiger partial charge on any atom is -0.341 e. The van der Waals surface area contributed by atoms with Gasteiger partial charge in [0.25, 0.3) is 0 Å². The van der Waals surface area contributed by atoms with Gasteiger partial charge in [-0.2, -0.15) is 0 Å². The Balaban J connectivity index is 2.05. The summed E-state index contributed by atoms with van der Waals surface area (Å²) < 4.78 is 0. The van der Waals surface area contributed by atoms with Crippen LogP contribution < -0.4 is 0 Å². The number of hydrogen-bond acceptors (Lipinski definition) is 2. The molecule has 1 fully saturated rings. The predicted molar refractivity (Wildman–Crippen MR) is 92.7 cm³/mol. The lowest BCUT2D eigenvalue weighted by Crippen LogP contribution is -2.52. The molecule has 1 aliphatic rings. The summed E-state index contributed by atoms with van der Waals surface area (Å²) in [5.74, 6) is 0.136. The fourth-order valence-corrected chi connectivity index (χ4v) is 3.60. The van der Waals surface area contributed by atoms with Gasteiger partial charge >= 0.3 is 0 Å². The molecule has 0 unspecified atom stereocenters. The van der Waals surface area contributed by atoms with Crippen LogP contribution in [0.25, 0.3) is 0 Å². The van der Waals surface area contributed by atoms with Crippen molar-refractivity contribution < 1.29 is 4.79 Å². The SMILES string of the molecule is CN(C)[C@@H]1CCCC[C@H]1N(C)C(=O)Cc1ccc(Cl)c(Cl)c1. The third-order valence-electron chi connectivity index (χ3n) is 4.59. The van der Waals surface area contributed by atoms with E-state index < -0.39 is 0 Å². The molecule has 0 bridgehead atoms. The fourth-order valence-electron chi connectivity index (χ4n) is 3.28. The quantitative estimate of drug-likeness (QED) is 0.829. The average Bonchev–Trinajstić information content (AvgIpc) is 2.50. The largest absolute Gasteiger partial charge is 0.341 e. The van der Waals surface area contributed by atoms with Crippen molar-refractivity contribution in [2.45, 2.75) is 44.2 Å². The number of halogens is 2. The van der Waals surface area contributed by atoms with Crippen molar-refractivity contribution in [3.63, 3.8) is 0 Å². The minimum atomic E-state index is 0.136. The lowest BCUT2D eigenvalue weighted by atomic mass is 9.88. The van der Waals surface area contributed by atoms with Gasteiger partial charge in [0.2, 0.25) is 5.91 Å². The van der Waals surface area contributed by atoms with Crippen LogP contribution in [0.2, 0.25) is 10.0 Å². The van der Waals surface area contributed by atoms with E-state index in [0.29, 0.717) is 28.5 Å². The Kier molecular flexibility index (Phi) is 6.13. The van der Waals surface area contributed by atoms with Gasteiger partial charge in [-0.05, 0) is 44.6 Å². The fraction of sp³-hybridized carbons (Fsp3) is 0.588. The molecule has 0 aromatic heterocycles. The zero-order chi connectivity index (χ0) is 16.3. The first-order valence-electron chi connectivity index (χ1n) is 7.76. The Morgan fingerprint density at radius 2 is 1.73 bits per heavy atom. The Morgan fingerprint density at radius 1 is 1.09 bits per heavy atom. The van der Waals surface area contributed by atoms with Crippen LogP contribution in [0.5, 0.6) is 0 Å². The van der Waals surface area contributed by atoms with Crippen LogP contribution in [0, 0.1) is 0 Å². The maximum absolute atomic E-state index is 12.6. The van der Waals surface area contributed by atoms with Crippen molar-refractivity contribution in [3.05, 3.63) is 33.8 Å². The van der Waals surface area contributed by atoms with E-state index in [1.807, 2.05) is 18.0 Å². The van der Waals surface area contributed by atoms with E-state index in [4.69, 9.17) is 23.2 Å². The van der Waals surface area contributed by atoms with Crippen LogP contribution in [-0.4, -0.2) is 48.9 Å². The van der Waals surface area contributed by atoms with Crippen LogP contribution in [0.4, 0.5) is 0 Å². The van der Waals surface area contributed by atoms with E-state index in [9.17, 15) is 4.79 Å². The normalized spacial score (nSPS) is 21.9. The molecule has 0 spiro atoms.